The Morgan fingerprint density at radius 3 is 2.37 bits per heavy atom. The number of esters is 1. The molecule has 1 fully saturated rings. The van der Waals surface area contributed by atoms with Crippen LogP contribution in [0.25, 0.3) is 0 Å². The topological polar surface area (TPSA) is 52.3 Å². The Morgan fingerprint density at radius 1 is 1.26 bits per heavy atom. The molecular weight excluding hydrogens is 238 g/mol. The largest absolute Gasteiger partial charge is 0.462 e. The van der Waals surface area contributed by atoms with Gasteiger partial charge in [0.2, 0.25) is 0 Å². The molecule has 3 nitrogen and oxygen atoms in total. The van der Waals surface area contributed by atoms with Gasteiger partial charge in [0.05, 0.1) is 5.92 Å². The lowest BCUT2D eigenvalue weighted by atomic mass is 9.75. The van der Waals surface area contributed by atoms with Gasteiger partial charge in [-0.3, -0.25) is 4.79 Å². The quantitative estimate of drug-likeness (QED) is 0.780. The molecule has 3 heteroatoms. The molecule has 112 valence electrons. The molecule has 1 saturated carbocycles. The molecule has 0 aliphatic heterocycles. The monoisotopic (exact) mass is 269 g/mol. The van der Waals surface area contributed by atoms with E-state index in [-0.39, 0.29) is 23.9 Å². The van der Waals surface area contributed by atoms with Crippen LogP contribution in [0.4, 0.5) is 0 Å². The van der Waals surface area contributed by atoms with Gasteiger partial charge in [0.15, 0.2) is 0 Å². The van der Waals surface area contributed by atoms with E-state index in [1.165, 1.54) is 12.8 Å². The summed E-state index contributed by atoms with van der Waals surface area (Å²) >= 11 is 0. The molecular formula is C16H31NO2. The van der Waals surface area contributed by atoms with Crippen molar-refractivity contribution >= 4 is 5.97 Å². The predicted molar refractivity (Wildman–Crippen MR) is 78.6 cm³/mol. The predicted octanol–water partition coefficient (Wildman–Crippen LogP) is 3.22. The van der Waals surface area contributed by atoms with Crippen LogP contribution in [-0.2, 0) is 9.53 Å². The van der Waals surface area contributed by atoms with Crippen molar-refractivity contribution < 1.29 is 9.53 Å². The first-order valence-corrected chi connectivity index (χ1v) is 7.77. The van der Waals surface area contributed by atoms with Crippen LogP contribution in [0, 0.1) is 29.6 Å². The van der Waals surface area contributed by atoms with Gasteiger partial charge >= 0.3 is 5.97 Å². The zero-order chi connectivity index (χ0) is 14.6. The van der Waals surface area contributed by atoms with Gasteiger partial charge < -0.3 is 10.5 Å². The maximum atomic E-state index is 12.3. The number of carbonyl (C=O) groups is 1. The van der Waals surface area contributed by atoms with Crippen molar-refractivity contribution in [3.8, 4) is 0 Å². The van der Waals surface area contributed by atoms with Crippen molar-refractivity contribution in [2.45, 2.75) is 60.0 Å². The van der Waals surface area contributed by atoms with E-state index in [0.717, 1.165) is 6.42 Å². The third-order valence-electron chi connectivity index (χ3n) is 4.59. The highest BCUT2D eigenvalue weighted by Gasteiger charge is 2.35. The number of nitrogens with two attached hydrogens (primary N) is 1. The Kier molecular flexibility index (Phi) is 6.31. The molecule has 0 aromatic heterocycles. The summed E-state index contributed by atoms with van der Waals surface area (Å²) < 4.78 is 5.83. The van der Waals surface area contributed by atoms with Gasteiger partial charge in [-0.25, -0.2) is 0 Å². The Hall–Kier alpha value is -0.570. The Balaban J connectivity index is 2.67. The highest BCUT2D eigenvalue weighted by atomic mass is 16.5. The summed E-state index contributed by atoms with van der Waals surface area (Å²) in [4.78, 5) is 12.3. The minimum atomic E-state index is -0.162. The van der Waals surface area contributed by atoms with Gasteiger partial charge in [-0.15, -0.1) is 0 Å². The molecule has 1 aliphatic carbocycles. The fourth-order valence-electron chi connectivity index (χ4n) is 3.13. The van der Waals surface area contributed by atoms with E-state index in [1.54, 1.807) is 0 Å². The van der Waals surface area contributed by atoms with Gasteiger partial charge in [0, 0.05) is 6.54 Å². The van der Waals surface area contributed by atoms with E-state index in [9.17, 15) is 4.79 Å². The summed E-state index contributed by atoms with van der Waals surface area (Å²) in [7, 11) is 0. The van der Waals surface area contributed by atoms with Crippen molar-refractivity contribution in [2.75, 3.05) is 6.54 Å². The highest BCUT2D eigenvalue weighted by Crippen LogP contribution is 2.35. The zero-order valence-electron chi connectivity index (χ0n) is 13.2. The zero-order valence-corrected chi connectivity index (χ0v) is 13.2. The van der Waals surface area contributed by atoms with E-state index in [2.05, 4.69) is 20.8 Å². The van der Waals surface area contributed by atoms with E-state index in [1.807, 2.05) is 13.8 Å². The Labute approximate surface area is 118 Å². The van der Waals surface area contributed by atoms with Gasteiger partial charge in [0.1, 0.15) is 6.10 Å². The smallest absolute Gasteiger partial charge is 0.310 e. The fourth-order valence-corrected chi connectivity index (χ4v) is 3.13. The normalized spacial score (nSPS) is 29.6. The SMILES string of the molecule is CC1CCC(C(C)C)C(OC(=O)C(CN)C(C)C)C1. The van der Waals surface area contributed by atoms with E-state index >= 15 is 0 Å². The van der Waals surface area contributed by atoms with Crippen LogP contribution in [0.3, 0.4) is 0 Å². The average Bonchev–Trinajstić information content (AvgIpc) is 2.28. The maximum absolute atomic E-state index is 12.3. The summed E-state index contributed by atoms with van der Waals surface area (Å²) in [6.07, 6.45) is 3.51. The molecule has 1 aliphatic rings. The standard InChI is InChI=1S/C16H31NO2/c1-10(2)13-7-6-12(5)8-15(13)19-16(18)14(9-17)11(3)4/h10-15H,6-9,17H2,1-5H3. The molecule has 4 unspecified atom stereocenters. The second kappa shape index (κ2) is 7.28. The van der Waals surface area contributed by atoms with E-state index in [0.29, 0.717) is 24.3 Å². The minimum absolute atomic E-state index is 0.0871. The van der Waals surface area contributed by atoms with Crippen molar-refractivity contribution in [3.05, 3.63) is 0 Å². The van der Waals surface area contributed by atoms with Crippen molar-refractivity contribution in [1.82, 2.24) is 0 Å². The molecule has 19 heavy (non-hydrogen) atoms. The molecule has 0 spiro atoms. The van der Waals surface area contributed by atoms with E-state index in [4.69, 9.17) is 10.5 Å². The molecule has 0 heterocycles. The molecule has 2 N–H and O–H groups in total. The third kappa shape index (κ3) is 4.48. The fraction of sp³-hybridized carbons (Fsp3) is 0.938. The molecule has 1 rings (SSSR count). The minimum Gasteiger partial charge on any atom is -0.462 e. The summed E-state index contributed by atoms with van der Waals surface area (Å²) in [5.41, 5.74) is 5.70. The van der Waals surface area contributed by atoms with E-state index < -0.39 is 0 Å². The molecule has 0 amide bonds. The summed E-state index contributed by atoms with van der Waals surface area (Å²) in [5.74, 6) is 1.72. The summed E-state index contributed by atoms with van der Waals surface area (Å²) in [5, 5.41) is 0. The Bertz CT molecular complexity index is 288. The van der Waals surface area contributed by atoms with Crippen LogP contribution >= 0.6 is 0 Å². The molecule has 0 bridgehead atoms. The molecule has 0 saturated heterocycles. The first-order valence-electron chi connectivity index (χ1n) is 7.77. The van der Waals surface area contributed by atoms with Crippen LogP contribution < -0.4 is 5.73 Å². The second-order valence-electron chi connectivity index (χ2n) is 6.89. The number of hydrogen-bond acceptors (Lipinski definition) is 3. The van der Waals surface area contributed by atoms with Gasteiger partial charge in [-0.2, -0.15) is 0 Å². The lowest BCUT2D eigenvalue weighted by Crippen LogP contribution is -2.39. The van der Waals surface area contributed by atoms with Gasteiger partial charge in [-0.1, -0.05) is 41.0 Å². The molecule has 0 aromatic rings. The van der Waals surface area contributed by atoms with Crippen molar-refractivity contribution in [1.29, 1.82) is 0 Å². The Morgan fingerprint density at radius 2 is 1.89 bits per heavy atom. The number of carbonyl (C=O) groups excluding carboxylic acids is 1. The van der Waals surface area contributed by atoms with Crippen molar-refractivity contribution in [2.24, 2.45) is 35.3 Å². The van der Waals surface area contributed by atoms with Crippen LogP contribution in [0.5, 0.6) is 0 Å². The van der Waals surface area contributed by atoms with Gasteiger partial charge in [-0.05, 0) is 36.5 Å². The maximum Gasteiger partial charge on any atom is 0.310 e. The molecule has 0 radical (unpaired) electrons. The van der Waals surface area contributed by atoms with Gasteiger partial charge in [0.25, 0.3) is 0 Å². The first kappa shape index (κ1) is 16.5. The van der Waals surface area contributed by atoms with Crippen LogP contribution in [0.2, 0.25) is 0 Å². The third-order valence-corrected chi connectivity index (χ3v) is 4.59. The summed E-state index contributed by atoms with van der Waals surface area (Å²) in [6.45, 7) is 11.1. The number of ether oxygens (including phenoxy) is 1. The number of hydrogen-bond donors (Lipinski definition) is 1. The van der Waals surface area contributed by atoms with Crippen LogP contribution in [0.1, 0.15) is 53.9 Å². The highest BCUT2D eigenvalue weighted by molar-refractivity contribution is 5.73. The lowest BCUT2D eigenvalue weighted by molar-refractivity contribution is -0.162. The first-order chi connectivity index (χ1) is 8.86. The summed E-state index contributed by atoms with van der Waals surface area (Å²) in [6, 6.07) is 0. The molecule has 0 aromatic carbocycles. The lowest BCUT2D eigenvalue weighted by Gasteiger charge is -2.37. The van der Waals surface area contributed by atoms with Crippen LogP contribution in [0.15, 0.2) is 0 Å². The second-order valence-corrected chi connectivity index (χ2v) is 6.89. The molecule has 4 atom stereocenters. The van der Waals surface area contributed by atoms with Crippen LogP contribution in [-0.4, -0.2) is 18.6 Å². The number of rotatable bonds is 5. The average molecular weight is 269 g/mol. The van der Waals surface area contributed by atoms with Crippen molar-refractivity contribution in [3.63, 3.8) is 0 Å².